The van der Waals surface area contributed by atoms with Gasteiger partial charge < -0.3 is 10.1 Å². The number of nitrogens with one attached hydrogen (secondary N) is 1. The molecule has 1 N–H and O–H groups in total. The van der Waals surface area contributed by atoms with Gasteiger partial charge in [0.2, 0.25) is 0 Å². The average molecular weight is 296 g/mol. The van der Waals surface area contributed by atoms with Gasteiger partial charge in [-0.25, -0.2) is 0 Å². The number of fused-ring (bicyclic) bond motifs is 1. The van der Waals surface area contributed by atoms with Crippen molar-refractivity contribution in [2.75, 3.05) is 13.7 Å². The third-order valence-corrected chi connectivity index (χ3v) is 4.75. The molecule has 0 saturated heterocycles. The summed E-state index contributed by atoms with van der Waals surface area (Å²) < 4.78 is 6.49. The highest BCUT2D eigenvalue weighted by Crippen LogP contribution is 2.42. The molecule has 1 aromatic rings. The molecule has 1 heterocycles. The van der Waals surface area contributed by atoms with Crippen LogP contribution in [-0.2, 0) is 6.42 Å². The first-order valence-corrected chi connectivity index (χ1v) is 7.18. The Morgan fingerprint density at radius 1 is 1.35 bits per heavy atom. The molecule has 0 bridgehead atoms. The van der Waals surface area contributed by atoms with Crippen molar-refractivity contribution >= 4 is 15.9 Å². The molecule has 1 aliphatic heterocycles. The Hall–Kier alpha value is -0.540. The van der Waals surface area contributed by atoms with Gasteiger partial charge in [0.25, 0.3) is 0 Å². The second kappa shape index (κ2) is 4.62. The Bertz CT molecular complexity index is 428. The van der Waals surface area contributed by atoms with E-state index in [2.05, 4.69) is 33.4 Å². The van der Waals surface area contributed by atoms with Crippen LogP contribution in [0, 0.1) is 5.92 Å². The van der Waals surface area contributed by atoms with Gasteiger partial charge in [0.15, 0.2) is 0 Å². The molecule has 1 unspecified atom stereocenters. The molecule has 1 aromatic carbocycles. The van der Waals surface area contributed by atoms with Gasteiger partial charge in [-0.2, -0.15) is 0 Å². The highest BCUT2D eigenvalue weighted by molar-refractivity contribution is 9.10. The van der Waals surface area contributed by atoms with E-state index in [1.807, 2.05) is 0 Å². The van der Waals surface area contributed by atoms with Gasteiger partial charge in [-0.1, -0.05) is 6.42 Å². The van der Waals surface area contributed by atoms with E-state index >= 15 is 0 Å². The van der Waals surface area contributed by atoms with Crippen molar-refractivity contribution in [1.29, 1.82) is 0 Å². The molecule has 1 fully saturated rings. The quantitative estimate of drug-likeness (QED) is 0.902. The van der Waals surface area contributed by atoms with Crippen LogP contribution in [0.2, 0.25) is 0 Å². The molecule has 1 saturated carbocycles. The minimum atomic E-state index is 0.550. The molecule has 0 amide bonds. The van der Waals surface area contributed by atoms with Crippen LogP contribution in [0.3, 0.4) is 0 Å². The van der Waals surface area contributed by atoms with Crippen molar-refractivity contribution in [3.8, 4) is 5.75 Å². The van der Waals surface area contributed by atoms with Gasteiger partial charge in [-0.05, 0) is 70.9 Å². The van der Waals surface area contributed by atoms with E-state index < -0.39 is 0 Å². The van der Waals surface area contributed by atoms with Gasteiger partial charge in [-0.3, -0.25) is 0 Å². The second-order valence-electron chi connectivity index (χ2n) is 5.06. The Balaban J connectivity index is 1.99. The monoisotopic (exact) mass is 295 g/mol. The summed E-state index contributed by atoms with van der Waals surface area (Å²) in [5.41, 5.74) is 2.94. The lowest BCUT2D eigenvalue weighted by molar-refractivity contribution is 0.224. The highest BCUT2D eigenvalue weighted by atomic mass is 79.9. The van der Waals surface area contributed by atoms with E-state index in [-0.39, 0.29) is 0 Å². The lowest BCUT2D eigenvalue weighted by atomic mass is 9.75. The van der Waals surface area contributed by atoms with Gasteiger partial charge in [-0.15, -0.1) is 0 Å². The molecule has 17 heavy (non-hydrogen) atoms. The van der Waals surface area contributed by atoms with Crippen LogP contribution in [0.1, 0.15) is 36.4 Å². The average Bonchev–Trinajstić information content (AvgIpc) is 2.26. The topological polar surface area (TPSA) is 21.3 Å². The summed E-state index contributed by atoms with van der Waals surface area (Å²) in [5, 5.41) is 3.68. The largest absolute Gasteiger partial charge is 0.496 e. The molecule has 3 heteroatoms. The third kappa shape index (κ3) is 2.00. The first-order chi connectivity index (χ1) is 8.29. The van der Waals surface area contributed by atoms with E-state index in [1.165, 1.54) is 30.4 Å². The van der Waals surface area contributed by atoms with Crippen molar-refractivity contribution in [3.05, 3.63) is 27.7 Å². The lowest BCUT2D eigenvalue weighted by Crippen LogP contribution is -2.37. The van der Waals surface area contributed by atoms with Crippen LogP contribution in [0.4, 0.5) is 0 Å². The number of hydrogen-bond donors (Lipinski definition) is 1. The fourth-order valence-electron chi connectivity index (χ4n) is 2.94. The zero-order valence-electron chi connectivity index (χ0n) is 10.1. The number of methoxy groups -OCH3 is 1. The summed E-state index contributed by atoms with van der Waals surface area (Å²) in [5.74, 6) is 1.79. The highest BCUT2D eigenvalue weighted by Gasteiger charge is 2.32. The van der Waals surface area contributed by atoms with E-state index in [4.69, 9.17) is 4.74 Å². The van der Waals surface area contributed by atoms with Gasteiger partial charge in [0, 0.05) is 6.04 Å². The van der Waals surface area contributed by atoms with Gasteiger partial charge in [0.05, 0.1) is 11.6 Å². The zero-order chi connectivity index (χ0) is 11.8. The summed E-state index contributed by atoms with van der Waals surface area (Å²) in [7, 11) is 1.74. The predicted molar refractivity (Wildman–Crippen MR) is 72.5 cm³/mol. The molecule has 3 rings (SSSR count). The van der Waals surface area contributed by atoms with Crippen LogP contribution in [-0.4, -0.2) is 13.7 Å². The fourth-order valence-corrected chi connectivity index (χ4v) is 3.49. The molecular weight excluding hydrogens is 278 g/mol. The summed E-state index contributed by atoms with van der Waals surface area (Å²) in [6, 6.07) is 5.00. The Labute approximate surface area is 111 Å². The van der Waals surface area contributed by atoms with E-state index in [1.54, 1.807) is 7.11 Å². The van der Waals surface area contributed by atoms with Crippen LogP contribution in [0.5, 0.6) is 5.75 Å². The lowest BCUT2D eigenvalue weighted by Gasteiger charge is -2.38. The first kappa shape index (κ1) is 11.5. The van der Waals surface area contributed by atoms with E-state index in [0.29, 0.717) is 6.04 Å². The zero-order valence-corrected chi connectivity index (χ0v) is 11.7. The Morgan fingerprint density at radius 3 is 2.82 bits per heavy atom. The maximum Gasteiger partial charge on any atom is 0.133 e. The summed E-state index contributed by atoms with van der Waals surface area (Å²) >= 11 is 3.58. The SMILES string of the molecule is COc1cc2c(cc1Br)CCNC2C1CCC1. The third-order valence-electron chi connectivity index (χ3n) is 4.13. The maximum absolute atomic E-state index is 5.42. The normalized spacial score (nSPS) is 24.0. The van der Waals surface area contributed by atoms with Crippen LogP contribution in [0.15, 0.2) is 16.6 Å². The smallest absolute Gasteiger partial charge is 0.133 e. The second-order valence-corrected chi connectivity index (χ2v) is 5.91. The summed E-state index contributed by atoms with van der Waals surface area (Å²) in [6.07, 6.45) is 5.26. The van der Waals surface area contributed by atoms with E-state index in [0.717, 1.165) is 29.1 Å². The number of ether oxygens (including phenoxy) is 1. The number of rotatable bonds is 2. The summed E-state index contributed by atoms with van der Waals surface area (Å²) in [6.45, 7) is 1.10. The molecule has 0 aromatic heterocycles. The van der Waals surface area contributed by atoms with Gasteiger partial charge >= 0.3 is 0 Å². The molecule has 1 atom stereocenters. The standard InChI is InChI=1S/C14H18BrNO/c1-17-13-8-11-10(7-12(13)15)5-6-16-14(11)9-3-2-4-9/h7-9,14,16H,2-6H2,1H3. The van der Waals surface area contributed by atoms with Crippen molar-refractivity contribution in [1.82, 2.24) is 5.32 Å². The molecule has 0 spiro atoms. The number of benzene rings is 1. The van der Waals surface area contributed by atoms with Crippen molar-refractivity contribution in [2.24, 2.45) is 5.92 Å². The molecule has 0 radical (unpaired) electrons. The Morgan fingerprint density at radius 2 is 2.18 bits per heavy atom. The van der Waals surface area contributed by atoms with E-state index in [9.17, 15) is 0 Å². The Kier molecular flexibility index (Phi) is 3.14. The molecule has 92 valence electrons. The molecular formula is C14H18BrNO. The fraction of sp³-hybridized carbons (Fsp3) is 0.571. The van der Waals surface area contributed by atoms with Gasteiger partial charge in [0.1, 0.15) is 5.75 Å². The first-order valence-electron chi connectivity index (χ1n) is 6.39. The summed E-state index contributed by atoms with van der Waals surface area (Å²) in [4.78, 5) is 0. The number of hydrogen-bond acceptors (Lipinski definition) is 2. The van der Waals surface area contributed by atoms with Crippen molar-refractivity contribution < 1.29 is 4.74 Å². The van der Waals surface area contributed by atoms with Crippen LogP contribution < -0.4 is 10.1 Å². The van der Waals surface area contributed by atoms with Crippen LogP contribution >= 0.6 is 15.9 Å². The maximum atomic E-state index is 5.42. The minimum absolute atomic E-state index is 0.550. The van der Waals surface area contributed by atoms with Crippen molar-refractivity contribution in [2.45, 2.75) is 31.7 Å². The molecule has 2 nitrogen and oxygen atoms in total. The molecule has 1 aliphatic carbocycles. The van der Waals surface area contributed by atoms with Crippen LogP contribution in [0.25, 0.3) is 0 Å². The predicted octanol–water partition coefficient (Wildman–Crippen LogP) is 3.44. The van der Waals surface area contributed by atoms with Crippen molar-refractivity contribution in [3.63, 3.8) is 0 Å². The number of halogens is 1. The molecule has 2 aliphatic rings. The minimum Gasteiger partial charge on any atom is -0.496 e.